The lowest BCUT2D eigenvalue weighted by molar-refractivity contribution is 0.188. The molecule has 21 heavy (non-hydrogen) atoms. The van der Waals surface area contributed by atoms with Crippen LogP contribution in [0, 0.1) is 0 Å². The predicted octanol–water partition coefficient (Wildman–Crippen LogP) is 0.843. The van der Waals surface area contributed by atoms with E-state index in [-0.39, 0.29) is 6.04 Å². The van der Waals surface area contributed by atoms with Gasteiger partial charge in [0.2, 0.25) is 0 Å². The van der Waals surface area contributed by atoms with E-state index in [1.807, 2.05) is 12.1 Å². The average Bonchev–Trinajstić information content (AvgIpc) is 2.47. The van der Waals surface area contributed by atoms with Crippen LogP contribution in [0.25, 0.3) is 11.0 Å². The van der Waals surface area contributed by atoms with Crippen molar-refractivity contribution in [2.45, 2.75) is 18.9 Å². The second kappa shape index (κ2) is 5.39. The number of carboxylic acid groups (broad SMARTS) is 1. The van der Waals surface area contributed by atoms with Crippen LogP contribution in [0.4, 0.5) is 16.4 Å². The van der Waals surface area contributed by atoms with E-state index < -0.39 is 6.09 Å². The van der Waals surface area contributed by atoms with Crippen LogP contribution in [0.2, 0.25) is 0 Å². The van der Waals surface area contributed by atoms with Crippen molar-refractivity contribution in [3.05, 3.63) is 18.5 Å². The Kier molecular flexibility index (Phi) is 3.43. The zero-order valence-electron chi connectivity index (χ0n) is 11.4. The monoisotopic (exact) mass is 288 g/mol. The first-order chi connectivity index (χ1) is 10.1. The number of nitrogen functional groups attached to an aromatic ring is 1. The van der Waals surface area contributed by atoms with Crippen LogP contribution >= 0.6 is 0 Å². The molecule has 0 aliphatic carbocycles. The zero-order valence-corrected chi connectivity index (χ0v) is 11.4. The minimum Gasteiger partial charge on any atom is -0.465 e. The lowest BCUT2D eigenvalue weighted by Crippen LogP contribution is -2.47. The third-order valence-corrected chi connectivity index (χ3v) is 3.57. The number of hydrogen-bond acceptors (Lipinski definition) is 6. The molecule has 1 fully saturated rings. The van der Waals surface area contributed by atoms with Crippen LogP contribution in [-0.4, -0.2) is 45.3 Å². The molecule has 1 amide bonds. The van der Waals surface area contributed by atoms with E-state index >= 15 is 0 Å². The fourth-order valence-corrected chi connectivity index (χ4v) is 2.60. The Morgan fingerprint density at radius 3 is 3.10 bits per heavy atom. The molecule has 1 saturated heterocycles. The van der Waals surface area contributed by atoms with Crippen LogP contribution < -0.4 is 16.0 Å². The average molecular weight is 288 g/mol. The van der Waals surface area contributed by atoms with Gasteiger partial charge in [-0.15, -0.1) is 0 Å². The summed E-state index contributed by atoms with van der Waals surface area (Å²) in [5.41, 5.74) is 7.10. The van der Waals surface area contributed by atoms with Gasteiger partial charge in [-0.05, 0) is 25.0 Å². The standard InChI is InChI=1S/C13H16N6O2/c14-12-11-9(15-7-16-12)3-4-10(18-11)19-5-1-2-8(6-19)17-13(20)21/h3-4,7-8,17H,1-2,5-6H2,(H,20,21)(H2,14,15,16)/t8-/m0/s1. The molecule has 0 aromatic carbocycles. The van der Waals surface area contributed by atoms with Crippen molar-refractivity contribution in [3.63, 3.8) is 0 Å². The summed E-state index contributed by atoms with van der Waals surface area (Å²) in [5.74, 6) is 1.11. The maximum Gasteiger partial charge on any atom is 0.404 e. The first-order valence-electron chi connectivity index (χ1n) is 6.75. The number of nitrogens with two attached hydrogens (primary N) is 1. The molecule has 2 aromatic rings. The maximum absolute atomic E-state index is 10.8. The van der Waals surface area contributed by atoms with E-state index in [4.69, 9.17) is 10.8 Å². The number of carbonyl (C=O) groups is 1. The highest BCUT2D eigenvalue weighted by molar-refractivity contribution is 5.84. The Morgan fingerprint density at radius 1 is 1.43 bits per heavy atom. The molecule has 3 heterocycles. The summed E-state index contributed by atoms with van der Waals surface area (Å²) in [6.45, 7) is 1.43. The van der Waals surface area contributed by atoms with E-state index in [2.05, 4.69) is 25.2 Å². The Morgan fingerprint density at radius 2 is 2.29 bits per heavy atom. The number of rotatable bonds is 2. The number of aromatic nitrogens is 3. The van der Waals surface area contributed by atoms with Crippen LogP contribution in [0.15, 0.2) is 18.5 Å². The molecule has 110 valence electrons. The molecule has 4 N–H and O–H groups in total. The third kappa shape index (κ3) is 2.78. The summed E-state index contributed by atoms with van der Waals surface area (Å²) in [5, 5.41) is 11.3. The number of pyridine rings is 1. The lowest BCUT2D eigenvalue weighted by atomic mass is 10.1. The van der Waals surface area contributed by atoms with Crippen LogP contribution in [0.5, 0.6) is 0 Å². The highest BCUT2D eigenvalue weighted by Gasteiger charge is 2.22. The van der Waals surface area contributed by atoms with Crippen LogP contribution in [0.1, 0.15) is 12.8 Å². The molecule has 2 aromatic heterocycles. The molecule has 0 spiro atoms. The normalized spacial score (nSPS) is 18.7. The minimum absolute atomic E-state index is 0.0851. The number of nitrogens with one attached hydrogen (secondary N) is 1. The molecule has 1 atom stereocenters. The van der Waals surface area contributed by atoms with Crippen molar-refractivity contribution in [2.75, 3.05) is 23.7 Å². The summed E-state index contributed by atoms with van der Waals surface area (Å²) in [6.07, 6.45) is 2.16. The van der Waals surface area contributed by atoms with Gasteiger partial charge in [-0.25, -0.2) is 19.7 Å². The third-order valence-electron chi connectivity index (χ3n) is 3.57. The van der Waals surface area contributed by atoms with E-state index in [0.29, 0.717) is 23.4 Å². The maximum atomic E-state index is 10.8. The molecule has 3 rings (SSSR count). The number of piperidine rings is 1. The summed E-state index contributed by atoms with van der Waals surface area (Å²) in [4.78, 5) is 25.4. The Hall–Kier alpha value is -2.64. The second-order valence-electron chi connectivity index (χ2n) is 5.03. The Bertz CT molecular complexity index is 677. The van der Waals surface area contributed by atoms with Gasteiger partial charge in [-0.1, -0.05) is 0 Å². The van der Waals surface area contributed by atoms with Crippen LogP contribution in [-0.2, 0) is 0 Å². The highest BCUT2D eigenvalue weighted by Crippen LogP contribution is 2.22. The van der Waals surface area contributed by atoms with E-state index in [9.17, 15) is 4.79 Å². The summed E-state index contributed by atoms with van der Waals surface area (Å²) in [6, 6.07) is 3.64. The van der Waals surface area contributed by atoms with E-state index in [1.54, 1.807) is 0 Å². The largest absolute Gasteiger partial charge is 0.465 e. The number of hydrogen-bond donors (Lipinski definition) is 3. The zero-order chi connectivity index (χ0) is 14.8. The molecular formula is C13H16N6O2. The van der Waals surface area contributed by atoms with Crippen LogP contribution in [0.3, 0.4) is 0 Å². The summed E-state index contributed by atoms with van der Waals surface area (Å²) >= 11 is 0. The van der Waals surface area contributed by atoms with Gasteiger partial charge in [0.1, 0.15) is 17.7 Å². The van der Waals surface area contributed by atoms with Crippen molar-refractivity contribution in [1.29, 1.82) is 0 Å². The lowest BCUT2D eigenvalue weighted by Gasteiger charge is -2.33. The van der Waals surface area contributed by atoms with Gasteiger partial charge in [-0.2, -0.15) is 0 Å². The van der Waals surface area contributed by atoms with Gasteiger partial charge in [-0.3, -0.25) is 0 Å². The molecule has 0 radical (unpaired) electrons. The second-order valence-corrected chi connectivity index (χ2v) is 5.03. The number of fused-ring (bicyclic) bond motifs is 1. The molecule has 1 aliphatic rings. The fourth-order valence-electron chi connectivity index (χ4n) is 2.60. The molecular weight excluding hydrogens is 272 g/mol. The Labute approximate surface area is 121 Å². The minimum atomic E-state index is -0.994. The van der Waals surface area contributed by atoms with Crippen molar-refractivity contribution in [2.24, 2.45) is 0 Å². The van der Waals surface area contributed by atoms with Gasteiger partial charge in [0, 0.05) is 19.1 Å². The number of nitrogens with zero attached hydrogens (tertiary/aromatic N) is 4. The van der Waals surface area contributed by atoms with Gasteiger partial charge in [0.25, 0.3) is 0 Å². The molecule has 0 unspecified atom stereocenters. The SMILES string of the molecule is Nc1ncnc2ccc(N3CCC[C@H](NC(=O)O)C3)nc12. The Balaban J connectivity index is 1.86. The molecule has 0 bridgehead atoms. The molecule has 1 aliphatic heterocycles. The predicted molar refractivity (Wildman–Crippen MR) is 78.1 cm³/mol. The molecule has 8 heteroatoms. The summed E-state index contributed by atoms with van der Waals surface area (Å²) < 4.78 is 0. The summed E-state index contributed by atoms with van der Waals surface area (Å²) in [7, 11) is 0. The van der Waals surface area contributed by atoms with Crippen molar-refractivity contribution >= 4 is 28.8 Å². The first-order valence-corrected chi connectivity index (χ1v) is 6.75. The fraction of sp³-hybridized carbons (Fsp3) is 0.385. The highest BCUT2D eigenvalue weighted by atomic mass is 16.4. The van der Waals surface area contributed by atoms with Crippen molar-refractivity contribution < 1.29 is 9.90 Å². The van der Waals surface area contributed by atoms with E-state index in [1.165, 1.54) is 6.33 Å². The van der Waals surface area contributed by atoms with Crippen molar-refractivity contribution in [3.8, 4) is 0 Å². The molecule has 8 nitrogen and oxygen atoms in total. The van der Waals surface area contributed by atoms with Gasteiger partial charge in [0.05, 0.1) is 5.52 Å². The number of anilines is 2. The van der Waals surface area contributed by atoms with Gasteiger partial charge < -0.3 is 21.1 Å². The quantitative estimate of drug-likeness (QED) is 0.749. The first kappa shape index (κ1) is 13.3. The van der Waals surface area contributed by atoms with Crippen molar-refractivity contribution in [1.82, 2.24) is 20.3 Å². The number of amides is 1. The topological polar surface area (TPSA) is 117 Å². The van der Waals surface area contributed by atoms with Gasteiger partial charge >= 0.3 is 6.09 Å². The molecule has 0 saturated carbocycles. The smallest absolute Gasteiger partial charge is 0.404 e. The van der Waals surface area contributed by atoms with E-state index in [0.717, 1.165) is 25.2 Å². The van der Waals surface area contributed by atoms with Gasteiger partial charge in [0.15, 0.2) is 5.82 Å².